The number of aliphatic hydroxyl groups excluding tert-OH is 1. The smallest absolute Gasteiger partial charge is 0.356 e. The number of carboxylic acids is 1. The van der Waals surface area contributed by atoms with E-state index >= 15 is 0 Å². The lowest BCUT2D eigenvalue weighted by Crippen LogP contribution is -2.28. The van der Waals surface area contributed by atoms with E-state index in [0.717, 1.165) is 25.8 Å². The molecule has 1 saturated carbocycles. The Labute approximate surface area is 111 Å². The van der Waals surface area contributed by atoms with Crippen molar-refractivity contribution < 1.29 is 15.0 Å². The van der Waals surface area contributed by atoms with Gasteiger partial charge in [0.15, 0.2) is 5.69 Å². The SMILES string of the molecule is O=C(O)c1cnc(NCC2(CCO)CCCC2)cn1. The van der Waals surface area contributed by atoms with Gasteiger partial charge in [0.2, 0.25) is 0 Å². The van der Waals surface area contributed by atoms with Gasteiger partial charge in [-0.1, -0.05) is 12.8 Å². The second-order valence-electron chi connectivity index (χ2n) is 5.13. The molecule has 1 fully saturated rings. The molecule has 1 heterocycles. The highest BCUT2D eigenvalue weighted by Crippen LogP contribution is 2.40. The minimum atomic E-state index is -1.08. The van der Waals surface area contributed by atoms with Crippen LogP contribution in [0, 0.1) is 5.41 Å². The van der Waals surface area contributed by atoms with Crippen LogP contribution in [-0.4, -0.2) is 39.3 Å². The number of carboxylic acid groups (broad SMARTS) is 1. The van der Waals surface area contributed by atoms with E-state index in [2.05, 4.69) is 15.3 Å². The van der Waals surface area contributed by atoms with E-state index in [-0.39, 0.29) is 17.7 Å². The van der Waals surface area contributed by atoms with Crippen LogP contribution in [-0.2, 0) is 0 Å². The summed E-state index contributed by atoms with van der Waals surface area (Å²) in [6, 6.07) is 0. The monoisotopic (exact) mass is 265 g/mol. The minimum absolute atomic E-state index is 0.0588. The number of rotatable bonds is 6. The van der Waals surface area contributed by atoms with Crippen LogP contribution < -0.4 is 5.32 Å². The highest BCUT2D eigenvalue weighted by molar-refractivity contribution is 5.84. The average Bonchev–Trinajstić information content (AvgIpc) is 2.86. The lowest BCUT2D eigenvalue weighted by molar-refractivity contribution is 0.0690. The maximum atomic E-state index is 10.7. The third kappa shape index (κ3) is 3.41. The molecule has 0 spiro atoms. The van der Waals surface area contributed by atoms with Crippen molar-refractivity contribution in [3.05, 3.63) is 18.1 Å². The summed E-state index contributed by atoms with van der Waals surface area (Å²) in [5, 5.41) is 21.1. The van der Waals surface area contributed by atoms with Crippen LogP contribution in [0.15, 0.2) is 12.4 Å². The number of aliphatic hydroxyl groups is 1. The summed E-state index contributed by atoms with van der Waals surface area (Å²) in [6.07, 6.45) is 8.10. The molecule has 0 amide bonds. The molecule has 1 aromatic rings. The zero-order valence-corrected chi connectivity index (χ0v) is 10.8. The van der Waals surface area contributed by atoms with Gasteiger partial charge in [0, 0.05) is 13.2 Å². The molecule has 3 N–H and O–H groups in total. The van der Waals surface area contributed by atoms with Crippen molar-refractivity contribution in [1.82, 2.24) is 9.97 Å². The Balaban J connectivity index is 1.95. The number of hydrogen-bond donors (Lipinski definition) is 3. The first-order chi connectivity index (χ1) is 9.15. The van der Waals surface area contributed by atoms with Crippen molar-refractivity contribution >= 4 is 11.8 Å². The number of nitrogens with one attached hydrogen (secondary N) is 1. The van der Waals surface area contributed by atoms with E-state index in [0.29, 0.717) is 5.82 Å². The van der Waals surface area contributed by atoms with Crippen molar-refractivity contribution in [3.63, 3.8) is 0 Å². The molecule has 0 atom stereocenters. The molecule has 104 valence electrons. The Kier molecular flexibility index (Phi) is 4.31. The highest BCUT2D eigenvalue weighted by atomic mass is 16.4. The van der Waals surface area contributed by atoms with Crippen LogP contribution in [0.1, 0.15) is 42.6 Å². The van der Waals surface area contributed by atoms with Gasteiger partial charge in [0.25, 0.3) is 0 Å². The third-order valence-corrected chi connectivity index (χ3v) is 3.82. The van der Waals surface area contributed by atoms with E-state index in [9.17, 15) is 4.79 Å². The molecule has 19 heavy (non-hydrogen) atoms. The van der Waals surface area contributed by atoms with Crippen LogP contribution in [0.3, 0.4) is 0 Å². The van der Waals surface area contributed by atoms with Crippen LogP contribution in [0.4, 0.5) is 5.82 Å². The zero-order valence-electron chi connectivity index (χ0n) is 10.8. The molecule has 2 rings (SSSR count). The number of aromatic carboxylic acids is 1. The van der Waals surface area contributed by atoms with E-state index in [1.54, 1.807) is 0 Å². The molecular weight excluding hydrogens is 246 g/mol. The number of hydrogen-bond acceptors (Lipinski definition) is 5. The Bertz CT molecular complexity index is 427. The van der Waals surface area contributed by atoms with Gasteiger partial charge in [0.1, 0.15) is 5.82 Å². The molecule has 0 unspecified atom stereocenters. The summed E-state index contributed by atoms with van der Waals surface area (Å²) in [4.78, 5) is 18.5. The lowest BCUT2D eigenvalue weighted by atomic mass is 9.83. The van der Waals surface area contributed by atoms with Crippen LogP contribution >= 0.6 is 0 Å². The van der Waals surface area contributed by atoms with Gasteiger partial charge < -0.3 is 15.5 Å². The fourth-order valence-electron chi connectivity index (χ4n) is 2.69. The van der Waals surface area contributed by atoms with Gasteiger partial charge in [0.05, 0.1) is 12.4 Å². The summed E-state index contributed by atoms with van der Waals surface area (Å²) in [6.45, 7) is 0.944. The quantitative estimate of drug-likeness (QED) is 0.722. The molecule has 1 aliphatic rings. The summed E-state index contributed by atoms with van der Waals surface area (Å²) >= 11 is 0. The first-order valence-electron chi connectivity index (χ1n) is 6.55. The molecular formula is C13H19N3O3. The predicted molar refractivity (Wildman–Crippen MR) is 70.1 cm³/mol. The minimum Gasteiger partial charge on any atom is -0.476 e. The van der Waals surface area contributed by atoms with E-state index < -0.39 is 5.97 Å². The molecule has 0 bridgehead atoms. The molecule has 0 saturated heterocycles. The van der Waals surface area contributed by atoms with Gasteiger partial charge in [-0.2, -0.15) is 0 Å². The number of carbonyl (C=O) groups is 1. The fourth-order valence-corrected chi connectivity index (χ4v) is 2.69. The van der Waals surface area contributed by atoms with Crippen LogP contribution in [0.25, 0.3) is 0 Å². The van der Waals surface area contributed by atoms with Crippen LogP contribution in [0.5, 0.6) is 0 Å². The normalized spacial score (nSPS) is 17.3. The second-order valence-corrected chi connectivity index (χ2v) is 5.13. The van der Waals surface area contributed by atoms with Crippen molar-refractivity contribution in [3.8, 4) is 0 Å². The molecule has 6 heteroatoms. The first kappa shape index (κ1) is 13.7. The van der Waals surface area contributed by atoms with Gasteiger partial charge in [-0.15, -0.1) is 0 Å². The summed E-state index contributed by atoms with van der Waals surface area (Å²) in [5.74, 6) is -0.499. The van der Waals surface area contributed by atoms with E-state index in [4.69, 9.17) is 10.2 Å². The molecule has 1 aromatic heterocycles. The molecule has 6 nitrogen and oxygen atoms in total. The van der Waals surface area contributed by atoms with Crippen molar-refractivity contribution in [2.45, 2.75) is 32.1 Å². The van der Waals surface area contributed by atoms with Gasteiger partial charge in [-0.3, -0.25) is 0 Å². The van der Waals surface area contributed by atoms with E-state index in [1.807, 2.05) is 0 Å². The summed E-state index contributed by atoms with van der Waals surface area (Å²) in [5.41, 5.74) is 0.0820. The standard InChI is InChI=1S/C13H19N3O3/c17-6-5-13(3-1-2-4-13)9-16-11-8-14-10(7-15-11)12(18)19/h7-8,17H,1-6,9H2,(H,15,16)(H,18,19). The molecule has 0 aromatic carbocycles. The van der Waals surface area contributed by atoms with Crippen molar-refractivity contribution in [2.24, 2.45) is 5.41 Å². The van der Waals surface area contributed by atoms with Crippen LogP contribution in [0.2, 0.25) is 0 Å². The Morgan fingerprint density at radius 1 is 1.32 bits per heavy atom. The zero-order chi connectivity index (χ0) is 13.7. The maximum Gasteiger partial charge on any atom is 0.356 e. The topological polar surface area (TPSA) is 95.3 Å². The molecule has 1 aliphatic carbocycles. The number of aromatic nitrogens is 2. The summed E-state index contributed by atoms with van der Waals surface area (Å²) < 4.78 is 0. The van der Waals surface area contributed by atoms with Crippen molar-refractivity contribution in [2.75, 3.05) is 18.5 Å². The molecule has 0 radical (unpaired) electrons. The lowest BCUT2D eigenvalue weighted by Gasteiger charge is -2.28. The predicted octanol–water partition coefficient (Wildman–Crippen LogP) is 1.53. The maximum absolute atomic E-state index is 10.7. The highest BCUT2D eigenvalue weighted by Gasteiger charge is 2.33. The van der Waals surface area contributed by atoms with E-state index in [1.165, 1.54) is 25.2 Å². The third-order valence-electron chi connectivity index (χ3n) is 3.82. The molecule has 0 aliphatic heterocycles. The van der Waals surface area contributed by atoms with Gasteiger partial charge in [-0.25, -0.2) is 14.8 Å². The Morgan fingerprint density at radius 3 is 2.58 bits per heavy atom. The average molecular weight is 265 g/mol. The van der Waals surface area contributed by atoms with Gasteiger partial charge >= 0.3 is 5.97 Å². The Hall–Kier alpha value is -1.69. The van der Waals surface area contributed by atoms with Gasteiger partial charge in [-0.05, 0) is 24.7 Å². The number of nitrogens with zero attached hydrogens (tertiary/aromatic N) is 2. The second kappa shape index (κ2) is 5.97. The fraction of sp³-hybridized carbons (Fsp3) is 0.615. The number of anilines is 1. The Morgan fingerprint density at radius 2 is 2.05 bits per heavy atom. The summed E-state index contributed by atoms with van der Waals surface area (Å²) in [7, 11) is 0. The largest absolute Gasteiger partial charge is 0.476 e. The first-order valence-corrected chi connectivity index (χ1v) is 6.55. The van der Waals surface area contributed by atoms with Crippen molar-refractivity contribution in [1.29, 1.82) is 0 Å².